The van der Waals surface area contributed by atoms with Crippen LogP contribution in [0.15, 0.2) is 0 Å². The zero-order valence-corrected chi connectivity index (χ0v) is 11.3. The van der Waals surface area contributed by atoms with Crippen molar-refractivity contribution in [1.82, 2.24) is 9.27 Å². The summed E-state index contributed by atoms with van der Waals surface area (Å²) in [7, 11) is 2.13. The minimum Gasteiger partial charge on any atom is -0.382 e. The molecule has 1 aliphatic rings. The summed E-state index contributed by atoms with van der Waals surface area (Å²) < 4.78 is 3.96. The fraction of sp³-hybridized carbons (Fsp3) is 0.636. The molecule has 1 saturated heterocycles. The van der Waals surface area contributed by atoms with E-state index in [1.165, 1.54) is 24.4 Å². The molecule has 18 heavy (non-hydrogen) atoms. The van der Waals surface area contributed by atoms with Gasteiger partial charge in [-0.3, -0.25) is 4.79 Å². The number of nitrogens with zero attached hydrogens (tertiary/aromatic N) is 2. The van der Waals surface area contributed by atoms with Crippen molar-refractivity contribution in [2.75, 3.05) is 37.7 Å². The van der Waals surface area contributed by atoms with Crippen LogP contribution in [0.1, 0.15) is 23.2 Å². The number of primary amides is 1. The van der Waals surface area contributed by atoms with Crippen LogP contribution in [0.3, 0.4) is 0 Å². The molecule has 1 aromatic rings. The number of nitrogen functional groups attached to an aromatic ring is 1. The molecule has 1 unspecified atom stereocenters. The van der Waals surface area contributed by atoms with Gasteiger partial charge in [0.05, 0.1) is 0 Å². The summed E-state index contributed by atoms with van der Waals surface area (Å²) >= 11 is 1.19. The van der Waals surface area contributed by atoms with Crippen molar-refractivity contribution < 1.29 is 4.79 Å². The van der Waals surface area contributed by atoms with Gasteiger partial charge in [0.15, 0.2) is 5.82 Å². The summed E-state index contributed by atoms with van der Waals surface area (Å²) in [5.41, 5.74) is 11.2. The Morgan fingerprint density at radius 3 is 3.11 bits per heavy atom. The average Bonchev–Trinajstić information content (AvgIpc) is 2.68. The van der Waals surface area contributed by atoms with Crippen molar-refractivity contribution in [2.24, 2.45) is 11.7 Å². The van der Waals surface area contributed by atoms with E-state index in [1.54, 1.807) is 0 Å². The molecule has 5 N–H and O–H groups in total. The van der Waals surface area contributed by atoms with Gasteiger partial charge >= 0.3 is 0 Å². The number of piperidine rings is 1. The lowest BCUT2D eigenvalue weighted by molar-refractivity contribution is 0.100. The standard InChI is InChI=1S/C11H19N5OS/c1-16-4-2-3-7(6-16)5-14-11-8(10(13)17)9(12)15-18-11/h7,14H,2-6H2,1H3,(H2,12,15)(H2,13,17). The maximum absolute atomic E-state index is 11.3. The minimum absolute atomic E-state index is 0.218. The Morgan fingerprint density at radius 1 is 1.67 bits per heavy atom. The average molecular weight is 269 g/mol. The van der Waals surface area contributed by atoms with E-state index in [9.17, 15) is 4.79 Å². The molecule has 100 valence electrons. The number of nitrogens with one attached hydrogen (secondary N) is 1. The topological polar surface area (TPSA) is 97.3 Å². The fourth-order valence-corrected chi connectivity index (χ4v) is 3.06. The van der Waals surface area contributed by atoms with Crippen LogP contribution in [-0.2, 0) is 0 Å². The largest absolute Gasteiger partial charge is 0.382 e. The molecule has 1 amide bonds. The number of carbonyl (C=O) groups is 1. The Hall–Kier alpha value is -1.34. The van der Waals surface area contributed by atoms with Gasteiger partial charge in [-0.1, -0.05) is 0 Å². The van der Waals surface area contributed by atoms with Crippen molar-refractivity contribution in [3.8, 4) is 0 Å². The van der Waals surface area contributed by atoms with E-state index in [4.69, 9.17) is 11.5 Å². The fourth-order valence-electron chi connectivity index (χ4n) is 2.34. The first-order valence-corrected chi connectivity index (χ1v) is 6.82. The number of carbonyl (C=O) groups excluding carboxylic acids is 1. The summed E-state index contributed by atoms with van der Waals surface area (Å²) in [4.78, 5) is 13.6. The molecule has 0 aliphatic carbocycles. The third-order valence-electron chi connectivity index (χ3n) is 3.24. The van der Waals surface area contributed by atoms with E-state index in [0.717, 1.165) is 19.6 Å². The highest BCUT2D eigenvalue weighted by Crippen LogP contribution is 2.27. The van der Waals surface area contributed by atoms with Crippen LogP contribution < -0.4 is 16.8 Å². The first kappa shape index (κ1) is 13.1. The van der Waals surface area contributed by atoms with Crippen LogP contribution in [0.4, 0.5) is 10.8 Å². The molecule has 1 atom stereocenters. The van der Waals surface area contributed by atoms with E-state index >= 15 is 0 Å². The number of aromatic nitrogens is 1. The van der Waals surface area contributed by atoms with Gasteiger partial charge in [-0.05, 0) is 43.9 Å². The number of anilines is 2. The Morgan fingerprint density at radius 2 is 2.44 bits per heavy atom. The van der Waals surface area contributed by atoms with Gasteiger partial charge in [0.25, 0.3) is 5.91 Å². The zero-order chi connectivity index (χ0) is 13.1. The van der Waals surface area contributed by atoms with Crippen molar-refractivity contribution >= 4 is 28.3 Å². The molecule has 2 heterocycles. The first-order valence-electron chi connectivity index (χ1n) is 6.05. The van der Waals surface area contributed by atoms with Gasteiger partial charge < -0.3 is 21.7 Å². The van der Waals surface area contributed by atoms with Crippen LogP contribution in [0, 0.1) is 5.92 Å². The highest BCUT2D eigenvalue weighted by Gasteiger charge is 2.20. The second-order valence-corrected chi connectivity index (χ2v) is 5.56. The van der Waals surface area contributed by atoms with Gasteiger partial charge in [-0.15, -0.1) is 0 Å². The van der Waals surface area contributed by atoms with Gasteiger partial charge in [-0.25, -0.2) is 0 Å². The second kappa shape index (κ2) is 5.53. The van der Waals surface area contributed by atoms with Crippen LogP contribution in [0.5, 0.6) is 0 Å². The maximum atomic E-state index is 11.3. The Balaban J connectivity index is 1.96. The van der Waals surface area contributed by atoms with Gasteiger partial charge in [0, 0.05) is 13.1 Å². The lowest BCUT2D eigenvalue weighted by Gasteiger charge is -2.29. The van der Waals surface area contributed by atoms with Crippen LogP contribution in [0.2, 0.25) is 0 Å². The monoisotopic (exact) mass is 269 g/mol. The highest BCUT2D eigenvalue weighted by atomic mass is 32.1. The number of likely N-dealkylation sites (tertiary alicyclic amines) is 1. The second-order valence-electron chi connectivity index (χ2n) is 4.79. The molecule has 1 aliphatic heterocycles. The molecule has 0 saturated carbocycles. The Kier molecular flexibility index (Phi) is 4.03. The van der Waals surface area contributed by atoms with E-state index in [0.29, 0.717) is 16.5 Å². The molecule has 1 aromatic heterocycles. The van der Waals surface area contributed by atoms with E-state index in [1.807, 2.05) is 0 Å². The van der Waals surface area contributed by atoms with Gasteiger partial charge in [0.1, 0.15) is 10.6 Å². The highest BCUT2D eigenvalue weighted by molar-refractivity contribution is 7.11. The third-order valence-corrected chi connectivity index (χ3v) is 4.06. The van der Waals surface area contributed by atoms with Crippen LogP contribution in [-0.4, -0.2) is 41.9 Å². The molecule has 1 fully saturated rings. The molecule has 0 aromatic carbocycles. The molecule has 0 bridgehead atoms. The third kappa shape index (κ3) is 2.91. The number of nitrogens with two attached hydrogens (primary N) is 2. The normalized spacial score (nSPS) is 20.8. The van der Waals surface area contributed by atoms with E-state index in [-0.39, 0.29) is 5.82 Å². The lowest BCUT2D eigenvalue weighted by atomic mass is 9.98. The van der Waals surface area contributed by atoms with Crippen LogP contribution in [0.25, 0.3) is 0 Å². The summed E-state index contributed by atoms with van der Waals surface area (Å²) in [5.74, 6) is 0.285. The molecule has 0 spiro atoms. The molecule has 0 radical (unpaired) electrons. The zero-order valence-electron chi connectivity index (χ0n) is 10.5. The molecule has 7 heteroatoms. The number of hydrogen-bond donors (Lipinski definition) is 3. The smallest absolute Gasteiger partial charge is 0.255 e. The summed E-state index contributed by atoms with van der Waals surface area (Å²) in [6.07, 6.45) is 2.42. The first-order chi connectivity index (χ1) is 8.58. The molecular formula is C11H19N5OS. The van der Waals surface area contributed by atoms with Crippen molar-refractivity contribution in [1.29, 1.82) is 0 Å². The van der Waals surface area contributed by atoms with Crippen molar-refractivity contribution in [3.63, 3.8) is 0 Å². The number of amides is 1. The summed E-state index contributed by atoms with van der Waals surface area (Å²) in [6.45, 7) is 3.07. The van der Waals surface area contributed by atoms with Crippen molar-refractivity contribution in [3.05, 3.63) is 5.56 Å². The predicted molar refractivity (Wildman–Crippen MR) is 73.8 cm³/mol. The SMILES string of the molecule is CN1CCCC(CNc2snc(N)c2C(N)=O)C1. The van der Waals surface area contributed by atoms with Gasteiger partial charge in [0.2, 0.25) is 0 Å². The van der Waals surface area contributed by atoms with Crippen LogP contribution >= 0.6 is 11.5 Å². The molecular weight excluding hydrogens is 250 g/mol. The number of rotatable bonds is 4. The Labute approximate surface area is 110 Å². The summed E-state index contributed by atoms with van der Waals surface area (Å²) in [6, 6.07) is 0. The summed E-state index contributed by atoms with van der Waals surface area (Å²) in [5, 5.41) is 3.94. The molecule has 2 rings (SSSR count). The minimum atomic E-state index is -0.524. The van der Waals surface area contributed by atoms with Crippen molar-refractivity contribution in [2.45, 2.75) is 12.8 Å². The van der Waals surface area contributed by atoms with Gasteiger partial charge in [-0.2, -0.15) is 4.37 Å². The lowest BCUT2D eigenvalue weighted by Crippen LogP contribution is -2.35. The van der Waals surface area contributed by atoms with E-state index < -0.39 is 5.91 Å². The Bertz CT molecular complexity index is 433. The predicted octanol–water partition coefficient (Wildman–Crippen LogP) is 0.578. The number of hydrogen-bond acceptors (Lipinski definition) is 6. The maximum Gasteiger partial charge on any atom is 0.255 e. The van der Waals surface area contributed by atoms with E-state index in [2.05, 4.69) is 21.6 Å². The quantitative estimate of drug-likeness (QED) is 0.743. The molecule has 6 nitrogen and oxygen atoms in total.